The van der Waals surface area contributed by atoms with Crippen molar-refractivity contribution in [3.8, 4) is 31.7 Å². The molecular weight excluding hydrogens is 421 g/mol. The van der Waals surface area contributed by atoms with Gasteiger partial charge >= 0.3 is 0 Å². The molecular formula is C12H6N6S6. The Bertz CT molecular complexity index is 879. The summed E-state index contributed by atoms with van der Waals surface area (Å²) in [7, 11) is 0. The van der Waals surface area contributed by atoms with Crippen LogP contribution in [-0.2, 0) is 0 Å². The standard InChI is InChI=1S/C12H6N6S6/c19-10-16-13-7(22-10)4-1-5(8-14-17-11(20)23-8)3-6(2-4)9-15-18-12(21)24-9/h1-3H,(H,16,19)(H,17,20)(H,18,21). The molecule has 12 heteroatoms. The van der Waals surface area contributed by atoms with Gasteiger partial charge in [-0.15, -0.1) is 68.5 Å². The highest BCUT2D eigenvalue weighted by Crippen LogP contribution is 2.36. The van der Waals surface area contributed by atoms with Crippen LogP contribution in [-0.4, -0.2) is 30.6 Å². The summed E-state index contributed by atoms with van der Waals surface area (Å²) in [5.74, 6) is 0. The Labute approximate surface area is 164 Å². The van der Waals surface area contributed by atoms with Gasteiger partial charge in [-0.3, -0.25) is 0 Å². The molecule has 0 aliphatic carbocycles. The number of hydrogen-bond acceptors (Lipinski definition) is 12. The quantitative estimate of drug-likeness (QED) is 0.428. The van der Waals surface area contributed by atoms with Crippen molar-refractivity contribution < 1.29 is 0 Å². The van der Waals surface area contributed by atoms with Crippen molar-refractivity contribution in [3.63, 3.8) is 0 Å². The lowest BCUT2D eigenvalue weighted by atomic mass is 10.1. The first-order valence-electron chi connectivity index (χ1n) is 6.32. The normalized spacial score (nSPS) is 11.1. The van der Waals surface area contributed by atoms with Crippen LogP contribution >= 0.6 is 71.9 Å². The van der Waals surface area contributed by atoms with Crippen molar-refractivity contribution in [3.05, 3.63) is 18.2 Å². The summed E-state index contributed by atoms with van der Waals surface area (Å²) in [6, 6.07) is 5.98. The number of benzene rings is 1. The SMILES string of the molecule is Sc1nnc(-c2cc(-c3nnc(S)s3)cc(-c3nnc(S)s3)c2)s1. The smallest absolute Gasteiger partial charge is 0.137 e. The maximum atomic E-state index is 4.24. The molecule has 3 heterocycles. The average Bonchev–Trinajstić information content (AvgIpc) is 3.28. The molecule has 0 bridgehead atoms. The zero-order chi connectivity index (χ0) is 16.7. The summed E-state index contributed by atoms with van der Waals surface area (Å²) in [5.41, 5.74) is 2.73. The van der Waals surface area contributed by atoms with E-state index in [0.29, 0.717) is 13.0 Å². The molecule has 0 amide bonds. The topological polar surface area (TPSA) is 77.3 Å². The lowest BCUT2D eigenvalue weighted by Crippen LogP contribution is -1.85. The zero-order valence-electron chi connectivity index (χ0n) is 11.5. The van der Waals surface area contributed by atoms with Gasteiger partial charge in [0.25, 0.3) is 0 Å². The Morgan fingerprint density at radius 1 is 0.500 bits per heavy atom. The average molecular weight is 427 g/mol. The van der Waals surface area contributed by atoms with E-state index < -0.39 is 0 Å². The second kappa shape index (κ2) is 6.69. The number of rotatable bonds is 3. The highest BCUT2D eigenvalue weighted by molar-refractivity contribution is 7.83. The van der Waals surface area contributed by atoms with Crippen LogP contribution in [0.4, 0.5) is 0 Å². The molecule has 0 N–H and O–H groups in total. The highest BCUT2D eigenvalue weighted by atomic mass is 32.2. The van der Waals surface area contributed by atoms with E-state index in [1.807, 2.05) is 18.2 Å². The van der Waals surface area contributed by atoms with Crippen molar-refractivity contribution in [2.75, 3.05) is 0 Å². The van der Waals surface area contributed by atoms with Crippen LogP contribution in [0.5, 0.6) is 0 Å². The van der Waals surface area contributed by atoms with Crippen LogP contribution in [0.2, 0.25) is 0 Å². The van der Waals surface area contributed by atoms with E-state index in [9.17, 15) is 0 Å². The second-order valence-corrected chi connectivity index (χ2v) is 9.58. The lowest BCUT2D eigenvalue weighted by molar-refractivity contribution is 1.01. The van der Waals surface area contributed by atoms with Gasteiger partial charge in [-0.25, -0.2) is 0 Å². The van der Waals surface area contributed by atoms with E-state index in [1.54, 1.807) is 0 Å². The molecule has 0 saturated carbocycles. The van der Waals surface area contributed by atoms with Gasteiger partial charge in [0.1, 0.15) is 15.0 Å². The highest BCUT2D eigenvalue weighted by Gasteiger charge is 2.14. The van der Waals surface area contributed by atoms with Crippen LogP contribution in [0, 0.1) is 0 Å². The fraction of sp³-hybridized carbons (Fsp3) is 0. The Balaban J connectivity index is 1.90. The van der Waals surface area contributed by atoms with Gasteiger partial charge in [0.05, 0.1) is 0 Å². The summed E-state index contributed by atoms with van der Waals surface area (Å²) in [6.45, 7) is 0. The molecule has 0 unspecified atom stereocenters. The zero-order valence-corrected chi connectivity index (χ0v) is 16.6. The Kier molecular flexibility index (Phi) is 4.58. The van der Waals surface area contributed by atoms with Crippen molar-refractivity contribution in [2.45, 2.75) is 13.0 Å². The molecule has 0 spiro atoms. The largest absolute Gasteiger partial charge is 0.171 e. The van der Waals surface area contributed by atoms with Gasteiger partial charge in [0.2, 0.25) is 0 Å². The van der Waals surface area contributed by atoms with Crippen LogP contribution in [0.15, 0.2) is 31.2 Å². The van der Waals surface area contributed by atoms with Gasteiger partial charge in [0, 0.05) is 16.7 Å². The molecule has 24 heavy (non-hydrogen) atoms. The molecule has 6 nitrogen and oxygen atoms in total. The Hall–Kier alpha value is -1.05. The third-order valence-corrected chi connectivity index (χ3v) is 6.33. The minimum absolute atomic E-state index is 0.610. The molecule has 0 saturated heterocycles. The van der Waals surface area contributed by atoms with Gasteiger partial charge in [-0.2, -0.15) is 0 Å². The monoisotopic (exact) mass is 426 g/mol. The van der Waals surface area contributed by atoms with E-state index >= 15 is 0 Å². The van der Waals surface area contributed by atoms with E-state index in [1.165, 1.54) is 34.0 Å². The summed E-state index contributed by atoms with van der Waals surface area (Å²) in [4.78, 5) is 0. The predicted octanol–water partition coefficient (Wildman–Crippen LogP) is 4.11. The van der Waals surface area contributed by atoms with Crippen LogP contribution in [0.25, 0.3) is 31.7 Å². The summed E-state index contributed by atoms with van der Waals surface area (Å²) in [6.07, 6.45) is 0. The number of nitrogens with zero attached hydrogens (tertiary/aromatic N) is 6. The minimum Gasteiger partial charge on any atom is -0.137 e. The van der Waals surface area contributed by atoms with E-state index in [2.05, 4.69) is 68.5 Å². The van der Waals surface area contributed by atoms with Gasteiger partial charge in [-0.05, 0) is 18.2 Å². The fourth-order valence-electron chi connectivity index (χ4n) is 1.99. The first-order chi connectivity index (χ1) is 11.6. The van der Waals surface area contributed by atoms with Crippen molar-refractivity contribution in [1.82, 2.24) is 30.6 Å². The molecule has 4 rings (SSSR count). The van der Waals surface area contributed by atoms with Gasteiger partial charge in [0.15, 0.2) is 13.0 Å². The lowest BCUT2D eigenvalue weighted by Gasteiger charge is -2.04. The molecule has 0 atom stereocenters. The molecule has 3 aromatic heterocycles. The first kappa shape index (κ1) is 16.4. The number of hydrogen-bond donors (Lipinski definition) is 3. The maximum Gasteiger partial charge on any atom is 0.171 e. The van der Waals surface area contributed by atoms with E-state index in [4.69, 9.17) is 0 Å². The minimum atomic E-state index is 0.610. The van der Waals surface area contributed by atoms with Gasteiger partial charge < -0.3 is 0 Å². The van der Waals surface area contributed by atoms with Crippen molar-refractivity contribution >= 4 is 71.9 Å². The van der Waals surface area contributed by atoms with Crippen LogP contribution in [0.3, 0.4) is 0 Å². The maximum absolute atomic E-state index is 4.24. The molecule has 1 aromatic carbocycles. The molecule has 0 aliphatic rings. The third-order valence-electron chi connectivity index (χ3n) is 2.92. The van der Waals surface area contributed by atoms with Crippen LogP contribution < -0.4 is 0 Å². The summed E-state index contributed by atoms with van der Waals surface area (Å²) < 4.78 is 1.83. The second-order valence-electron chi connectivity index (χ2n) is 4.47. The number of aromatic nitrogens is 6. The van der Waals surface area contributed by atoms with Crippen LogP contribution in [0.1, 0.15) is 0 Å². The van der Waals surface area contributed by atoms with Crippen molar-refractivity contribution in [1.29, 1.82) is 0 Å². The third kappa shape index (κ3) is 3.34. The van der Waals surface area contributed by atoms with Gasteiger partial charge in [-0.1, -0.05) is 34.0 Å². The summed E-state index contributed by atoms with van der Waals surface area (Å²) in [5, 5.41) is 26.7. The molecule has 120 valence electrons. The Morgan fingerprint density at radius 3 is 1.00 bits per heavy atom. The molecule has 0 fully saturated rings. The van der Waals surface area contributed by atoms with Crippen molar-refractivity contribution in [2.24, 2.45) is 0 Å². The van der Waals surface area contributed by atoms with E-state index in [0.717, 1.165) is 31.7 Å². The Morgan fingerprint density at radius 2 is 0.792 bits per heavy atom. The molecule has 0 aliphatic heterocycles. The molecule has 0 radical (unpaired) electrons. The first-order valence-corrected chi connectivity index (χ1v) is 10.1. The fourth-order valence-corrected chi connectivity index (χ4v) is 4.62. The van der Waals surface area contributed by atoms with E-state index in [-0.39, 0.29) is 0 Å². The number of thiol groups is 3. The predicted molar refractivity (Wildman–Crippen MR) is 105 cm³/mol. The molecule has 4 aromatic rings. The summed E-state index contributed by atoms with van der Waals surface area (Å²) >= 11 is 16.9.